The van der Waals surface area contributed by atoms with Gasteiger partial charge < -0.3 is 5.32 Å². The van der Waals surface area contributed by atoms with Crippen LogP contribution in [0, 0.1) is 5.82 Å². The third-order valence-electron chi connectivity index (χ3n) is 3.24. The zero-order chi connectivity index (χ0) is 15.4. The van der Waals surface area contributed by atoms with Crippen LogP contribution in [0.3, 0.4) is 0 Å². The maximum absolute atomic E-state index is 14.1. The Morgan fingerprint density at radius 1 is 1.10 bits per heavy atom. The van der Waals surface area contributed by atoms with E-state index in [2.05, 4.69) is 5.32 Å². The highest BCUT2D eigenvalue weighted by Gasteiger charge is 2.19. The summed E-state index contributed by atoms with van der Waals surface area (Å²) >= 11 is 18.3. The number of hydrogen-bond donors (Lipinski definition) is 1. The summed E-state index contributed by atoms with van der Waals surface area (Å²) in [5.74, 6) is -0.321. The first kappa shape index (κ1) is 16.6. The molecule has 0 aromatic heterocycles. The summed E-state index contributed by atoms with van der Waals surface area (Å²) in [6, 6.07) is 9.76. The second kappa shape index (κ2) is 7.46. The van der Waals surface area contributed by atoms with E-state index >= 15 is 0 Å². The van der Waals surface area contributed by atoms with Crippen LogP contribution >= 0.6 is 34.8 Å². The van der Waals surface area contributed by atoms with E-state index in [1.165, 1.54) is 6.07 Å². The highest BCUT2D eigenvalue weighted by Crippen LogP contribution is 2.31. The molecule has 21 heavy (non-hydrogen) atoms. The van der Waals surface area contributed by atoms with E-state index < -0.39 is 0 Å². The number of likely N-dealkylation sites (N-methyl/N-ethyl adjacent to an activating group) is 1. The Kier molecular flexibility index (Phi) is 5.88. The van der Waals surface area contributed by atoms with Crippen LogP contribution in [-0.4, -0.2) is 6.54 Å². The Morgan fingerprint density at radius 2 is 1.86 bits per heavy atom. The summed E-state index contributed by atoms with van der Waals surface area (Å²) in [5.41, 5.74) is 1.36. The molecule has 0 radical (unpaired) electrons. The Labute approximate surface area is 139 Å². The molecule has 0 bridgehead atoms. The normalized spacial score (nSPS) is 12.4. The van der Waals surface area contributed by atoms with Crippen LogP contribution in [0.5, 0.6) is 0 Å². The van der Waals surface area contributed by atoms with Crippen LogP contribution in [0.2, 0.25) is 15.1 Å². The van der Waals surface area contributed by atoms with Crippen molar-refractivity contribution in [1.29, 1.82) is 0 Å². The maximum atomic E-state index is 14.1. The van der Waals surface area contributed by atoms with E-state index in [9.17, 15) is 4.39 Å². The second-order valence-corrected chi connectivity index (χ2v) is 5.94. The van der Waals surface area contributed by atoms with Gasteiger partial charge in [0, 0.05) is 26.7 Å². The van der Waals surface area contributed by atoms with Gasteiger partial charge in [-0.3, -0.25) is 0 Å². The first-order chi connectivity index (χ1) is 10.0. The molecule has 1 atom stereocenters. The van der Waals surface area contributed by atoms with Gasteiger partial charge in [-0.25, -0.2) is 4.39 Å². The number of benzene rings is 2. The summed E-state index contributed by atoms with van der Waals surface area (Å²) in [5, 5.41) is 4.81. The molecule has 2 aromatic rings. The predicted molar refractivity (Wildman–Crippen MR) is 88.0 cm³/mol. The molecule has 0 amide bonds. The molecule has 0 heterocycles. The van der Waals surface area contributed by atoms with Crippen LogP contribution < -0.4 is 5.32 Å². The van der Waals surface area contributed by atoms with E-state index in [0.717, 1.165) is 5.56 Å². The van der Waals surface area contributed by atoms with Crippen molar-refractivity contribution in [1.82, 2.24) is 5.32 Å². The molecule has 1 nitrogen and oxygen atoms in total. The summed E-state index contributed by atoms with van der Waals surface area (Å²) in [6.07, 6.45) is 0.532. The van der Waals surface area contributed by atoms with Crippen molar-refractivity contribution in [3.05, 3.63) is 68.4 Å². The van der Waals surface area contributed by atoms with Gasteiger partial charge in [0.25, 0.3) is 0 Å². The number of hydrogen-bond acceptors (Lipinski definition) is 1. The van der Waals surface area contributed by atoms with E-state index in [0.29, 0.717) is 33.6 Å². The molecule has 0 saturated carbocycles. The van der Waals surface area contributed by atoms with Crippen LogP contribution in [0.25, 0.3) is 0 Å². The molecule has 0 saturated heterocycles. The van der Waals surface area contributed by atoms with Crippen LogP contribution in [0.4, 0.5) is 4.39 Å². The molecule has 0 aliphatic rings. The quantitative estimate of drug-likeness (QED) is 0.734. The summed E-state index contributed by atoms with van der Waals surface area (Å²) < 4.78 is 14.1. The number of nitrogens with one attached hydrogen (secondary N) is 1. The van der Waals surface area contributed by atoms with Crippen LogP contribution in [0.1, 0.15) is 24.1 Å². The monoisotopic (exact) mass is 345 g/mol. The van der Waals surface area contributed by atoms with E-state index in [1.807, 2.05) is 13.0 Å². The molecule has 0 aliphatic heterocycles. The lowest BCUT2D eigenvalue weighted by molar-refractivity contribution is 0.510. The molecule has 5 heteroatoms. The Balaban J connectivity index is 2.35. The van der Waals surface area contributed by atoms with Gasteiger partial charge in [-0.2, -0.15) is 0 Å². The Hall–Kier alpha value is -0.800. The average molecular weight is 347 g/mol. The summed E-state index contributed by atoms with van der Waals surface area (Å²) in [6.45, 7) is 2.66. The molecule has 0 spiro atoms. The average Bonchev–Trinajstić information content (AvgIpc) is 2.41. The summed E-state index contributed by atoms with van der Waals surface area (Å²) in [7, 11) is 0. The van der Waals surface area contributed by atoms with Crippen molar-refractivity contribution in [2.45, 2.75) is 19.4 Å². The van der Waals surface area contributed by atoms with Crippen molar-refractivity contribution >= 4 is 34.8 Å². The van der Waals surface area contributed by atoms with Crippen molar-refractivity contribution in [2.75, 3.05) is 6.54 Å². The molecular weight excluding hydrogens is 332 g/mol. The van der Waals surface area contributed by atoms with Crippen LogP contribution in [-0.2, 0) is 6.42 Å². The SMILES string of the molecule is CCNC(Cc1ccc(Cl)cc1Cl)c1c(F)cccc1Cl. The lowest BCUT2D eigenvalue weighted by atomic mass is 9.98. The smallest absolute Gasteiger partial charge is 0.129 e. The van der Waals surface area contributed by atoms with Gasteiger partial charge in [0.2, 0.25) is 0 Å². The largest absolute Gasteiger partial charge is 0.310 e. The molecular formula is C16H15Cl3FN. The highest BCUT2D eigenvalue weighted by atomic mass is 35.5. The minimum Gasteiger partial charge on any atom is -0.310 e. The van der Waals surface area contributed by atoms with E-state index in [-0.39, 0.29) is 11.9 Å². The van der Waals surface area contributed by atoms with Crippen molar-refractivity contribution in [3.8, 4) is 0 Å². The zero-order valence-corrected chi connectivity index (χ0v) is 13.7. The van der Waals surface area contributed by atoms with Crippen molar-refractivity contribution in [3.63, 3.8) is 0 Å². The fraction of sp³-hybridized carbons (Fsp3) is 0.250. The third-order valence-corrected chi connectivity index (χ3v) is 4.15. The predicted octanol–water partition coefficient (Wildman–Crippen LogP) is 5.68. The maximum Gasteiger partial charge on any atom is 0.129 e. The minimum absolute atomic E-state index is 0.248. The number of rotatable bonds is 5. The van der Waals surface area contributed by atoms with Gasteiger partial charge >= 0.3 is 0 Å². The standard InChI is InChI=1S/C16H15Cl3FN/c1-2-21-15(16-12(18)4-3-5-14(16)20)8-10-6-7-11(17)9-13(10)19/h3-7,9,15,21H,2,8H2,1H3. The lowest BCUT2D eigenvalue weighted by Crippen LogP contribution is -2.24. The van der Waals surface area contributed by atoms with Gasteiger partial charge in [-0.05, 0) is 42.8 Å². The van der Waals surface area contributed by atoms with Gasteiger partial charge in [0.05, 0.1) is 0 Å². The third kappa shape index (κ3) is 4.10. The molecule has 2 rings (SSSR count). The van der Waals surface area contributed by atoms with Crippen molar-refractivity contribution in [2.24, 2.45) is 0 Å². The summed E-state index contributed by atoms with van der Waals surface area (Å²) in [4.78, 5) is 0. The Bertz CT molecular complexity index is 611. The fourth-order valence-corrected chi connectivity index (χ4v) is 3.05. The highest BCUT2D eigenvalue weighted by molar-refractivity contribution is 6.35. The molecule has 2 aromatic carbocycles. The molecule has 1 N–H and O–H groups in total. The van der Waals surface area contributed by atoms with Gasteiger partial charge in [0.1, 0.15) is 5.82 Å². The number of halogens is 4. The van der Waals surface area contributed by atoms with Gasteiger partial charge in [-0.15, -0.1) is 0 Å². The second-order valence-electron chi connectivity index (χ2n) is 4.69. The van der Waals surface area contributed by atoms with E-state index in [1.54, 1.807) is 24.3 Å². The van der Waals surface area contributed by atoms with Crippen molar-refractivity contribution < 1.29 is 4.39 Å². The van der Waals surface area contributed by atoms with Gasteiger partial charge in [0.15, 0.2) is 0 Å². The zero-order valence-electron chi connectivity index (χ0n) is 11.5. The fourth-order valence-electron chi connectivity index (χ4n) is 2.27. The molecule has 1 unspecified atom stereocenters. The molecule has 0 aliphatic carbocycles. The Morgan fingerprint density at radius 3 is 2.48 bits per heavy atom. The molecule has 112 valence electrons. The molecule has 0 fully saturated rings. The first-order valence-electron chi connectivity index (χ1n) is 6.64. The minimum atomic E-state index is -0.321. The van der Waals surface area contributed by atoms with E-state index in [4.69, 9.17) is 34.8 Å². The topological polar surface area (TPSA) is 12.0 Å². The van der Waals surface area contributed by atoms with Crippen LogP contribution in [0.15, 0.2) is 36.4 Å². The lowest BCUT2D eigenvalue weighted by Gasteiger charge is -2.21. The van der Waals surface area contributed by atoms with Gasteiger partial charge in [-0.1, -0.05) is 53.9 Å². The first-order valence-corrected chi connectivity index (χ1v) is 7.77.